The molecule has 2 N–H and O–H groups in total. The highest BCUT2D eigenvalue weighted by atomic mass is 16.1. The van der Waals surface area contributed by atoms with Crippen molar-refractivity contribution in [2.45, 2.75) is 32.1 Å². The number of anilines is 1. The molecule has 0 aliphatic heterocycles. The maximum atomic E-state index is 12.4. The SMILES string of the molecule is Cc1cc(C(=O)c2ccc(C3CCC3)cc2)ccc1N. The molecule has 2 nitrogen and oxygen atoms in total. The highest BCUT2D eigenvalue weighted by Crippen LogP contribution is 2.36. The Morgan fingerprint density at radius 1 is 1.05 bits per heavy atom. The molecule has 0 spiro atoms. The lowest BCUT2D eigenvalue weighted by atomic mass is 9.80. The molecule has 2 heteroatoms. The highest BCUT2D eigenvalue weighted by Gasteiger charge is 2.19. The predicted molar refractivity (Wildman–Crippen MR) is 82.1 cm³/mol. The number of hydrogen-bond donors (Lipinski definition) is 1. The lowest BCUT2D eigenvalue weighted by Gasteiger charge is -2.25. The van der Waals surface area contributed by atoms with E-state index in [1.165, 1.54) is 24.8 Å². The number of carbonyl (C=O) groups excluding carboxylic acids is 1. The maximum Gasteiger partial charge on any atom is 0.193 e. The Labute approximate surface area is 119 Å². The van der Waals surface area contributed by atoms with Gasteiger partial charge in [0.15, 0.2) is 5.78 Å². The van der Waals surface area contributed by atoms with E-state index in [9.17, 15) is 4.79 Å². The Morgan fingerprint density at radius 3 is 2.25 bits per heavy atom. The van der Waals surface area contributed by atoms with E-state index in [2.05, 4.69) is 12.1 Å². The van der Waals surface area contributed by atoms with E-state index < -0.39 is 0 Å². The number of nitrogens with two attached hydrogens (primary N) is 1. The zero-order valence-electron chi connectivity index (χ0n) is 11.7. The quantitative estimate of drug-likeness (QED) is 0.671. The van der Waals surface area contributed by atoms with Crippen molar-refractivity contribution < 1.29 is 4.79 Å². The Hall–Kier alpha value is -2.09. The standard InChI is InChI=1S/C18H19NO/c1-12-11-16(9-10-17(12)19)18(20)15-7-5-14(6-8-15)13-3-2-4-13/h5-11,13H,2-4,19H2,1H3. The summed E-state index contributed by atoms with van der Waals surface area (Å²) in [5.74, 6) is 0.770. The molecule has 0 radical (unpaired) electrons. The van der Waals surface area contributed by atoms with Crippen LogP contribution in [0.15, 0.2) is 42.5 Å². The molecule has 1 aliphatic rings. The molecular weight excluding hydrogens is 246 g/mol. The highest BCUT2D eigenvalue weighted by molar-refractivity contribution is 6.09. The zero-order valence-corrected chi connectivity index (χ0v) is 11.7. The molecule has 2 aromatic rings. The van der Waals surface area contributed by atoms with Crippen LogP contribution in [0.5, 0.6) is 0 Å². The van der Waals surface area contributed by atoms with E-state index in [0.29, 0.717) is 11.5 Å². The first-order chi connectivity index (χ1) is 9.65. The minimum atomic E-state index is 0.0632. The lowest BCUT2D eigenvalue weighted by molar-refractivity contribution is 0.103. The van der Waals surface area contributed by atoms with Crippen LogP contribution < -0.4 is 5.73 Å². The lowest BCUT2D eigenvalue weighted by Crippen LogP contribution is -2.09. The molecule has 2 aromatic carbocycles. The normalized spacial score (nSPS) is 14.8. The minimum absolute atomic E-state index is 0.0632. The predicted octanol–water partition coefficient (Wildman–Crippen LogP) is 4.08. The van der Waals surface area contributed by atoms with E-state index >= 15 is 0 Å². The third kappa shape index (κ3) is 2.34. The van der Waals surface area contributed by atoms with Gasteiger partial charge in [0.2, 0.25) is 0 Å². The van der Waals surface area contributed by atoms with Gasteiger partial charge in [0.05, 0.1) is 0 Å². The van der Waals surface area contributed by atoms with Crippen LogP contribution in [-0.4, -0.2) is 5.78 Å². The molecule has 3 rings (SSSR count). The summed E-state index contributed by atoms with van der Waals surface area (Å²) >= 11 is 0. The molecule has 20 heavy (non-hydrogen) atoms. The van der Waals surface area contributed by atoms with Gasteiger partial charge < -0.3 is 5.73 Å². The summed E-state index contributed by atoms with van der Waals surface area (Å²) in [6, 6.07) is 13.5. The van der Waals surface area contributed by atoms with Gasteiger partial charge in [0, 0.05) is 16.8 Å². The first-order valence-corrected chi connectivity index (χ1v) is 7.16. The van der Waals surface area contributed by atoms with Crippen LogP contribution in [0.1, 0.15) is 52.2 Å². The molecule has 0 saturated heterocycles. The molecular formula is C18H19NO. The topological polar surface area (TPSA) is 43.1 Å². The largest absolute Gasteiger partial charge is 0.399 e. The Bertz CT molecular complexity index is 639. The number of rotatable bonds is 3. The van der Waals surface area contributed by atoms with Crippen LogP contribution in [0.2, 0.25) is 0 Å². The van der Waals surface area contributed by atoms with Crippen molar-refractivity contribution in [1.29, 1.82) is 0 Å². The van der Waals surface area contributed by atoms with E-state index in [4.69, 9.17) is 5.73 Å². The summed E-state index contributed by atoms with van der Waals surface area (Å²) in [6.07, 6.45) is 3.89. The Balaban J connectivity index is 1.84. The first kappa shape index (κ1) is 12.9. The van der Waals surface area contributed by atoms with Gasteiger partial charge in [-0.3, -0.25) is 4.79 Å². The molecule has 0 unspecified atom stereocenters. The summed E-state index contributed by atoms with van der Waals surface area (Å²) in [5.41, 5.74) is 10.3. The van der Waals surface area contributed by atoms with Crippen LogP contribution in [-0.2, 0) is 0 Å². The van der Waals surface area contributed by atoms with Gasteiger partial charge in [-0.2, -0.15) is 0 Å². The van der Waals surface area contributed by atoms with Gasteiger partial charge in [-0.1, -0.05) is 30.7 Å². The van der Waals surface area contributed by atoms with Gasteiger partial charge in [0.25, 0.3) is 0 Å². The molecule has 0 heterocycles. The second kappa shape index (κ2) is 5.12. The third-order valence-corrected chi connectivity index (χ3v) is 4.28. The van der Waals surface area contributed by atoms with Crippen molar-refractivity contribution in [2.24, 2.45) is 0 Å². The Morgan fingerprint density at radius 2 is 1.70 bits per heavy atom. The van der Waals surface area contributed by atoms with Crippen LogP contribution in [0.4, 0.5) is 5.69 Å². The Kier molecular flexibility index (Phi) is 3.31. The van der Waals surface area contributed by atoms with Crippen LogP contribution in [0.3, 0.4) is 0 Å². The van der Waals surface area contributed by atoms with Gasteiger partial charge in [0.1, 0.15) is 0 Å². The van der Waals surface area contributed by atoms with E-state index in [0.717, 1.165) is 16.8 Å². The fourth-order valence-corrected chi connectivity index (χ4v) is 2.63. The number of carbonyl (C=O) groups is 1. The number of nitrogen functional groups attached to an aromatic ring is 1. The van der Waals surface area contributed by atoms with Gasteiger partial charge >= 0.3 is 0 Å². The number of hydrogen-bond acceptors (Lipinski definition) is 2. The molecule has 1 aliphatic carbocycles. The van der Waals surface area contributed by atoms with Gasteiger partial charge in [-0.05, 0) is 55.0 Å². The van der Waals surface area contributed by atoms with Crippen LogP contribution in [0, 0.1) is 6.92 Å². The van der Waals surface area contributed by atoms with Crippen molar-refractivity contribution in [1.82, 2.24) is 0 Å². The molecule has 0 aromatic heterocycles. The second-order valence-corrected chi connectivity index (χ2v) is 5.65. The van der Waals surface area contributed by atoms with Crippen LogP contribution >= 0.6 is 0 Å². The van der Waals surface area contributed by atoms with Crippen molar-refractivity contribution >= 4 is 11.5 Å². The first-order valence-electron chi connectivity index (χ1n) is 7.16. The van der Waals surface area contributed by atoms with Gasteiger partial charge in [-0.25, -0.2) is 0 Å². The van der Waals surface area contributed by atoms with Crippen molar-refractivity contribution in [3.8, 4) is 0 Å². The average Bonchev–Trinajstić information content (AvgIpc) is 2.40. The number of benzene rings is 2. The molecule has 1 fully saturated rings. The van der Waals surface area contributed by atoms with E-state index in [1.54, 1.807) is 12.1 Å². The fraction of sp³-hybridized carbons (Fsp3) is 0.278. The molecule has 0 atom stereocenters. The van der Waals surface area contributed by atoms with Crippen molar-refractivity contribution in [3.05, 3.63) is 64.7 Å². The summed E-state index contributed by atoms with van der Waals surface area (Å²) < 4.78 is 0. The van der Waals surface area contributed by atoms with E-state index in [1.807, 2.05) is 25.1 Å². The van der Waals surface area contributed by atoms with Crippen molar-refractivity contribution in [2.75, 3.05) is 5.73 Å². The fourth-order valence-electron chi connectivity index (χ4n) is 2.63. The maximum absolute atomic E-state index is 12.4. The summed E-state index contributed by atoms with van der Waals surface area (Å²) in [7, 11) is 0. The zero-order chi connectivity index (χ0) is 14.1. The van der Waals surface area contributed by atoms with Crippen LogP contribution in [0.25, 0.3) is 0 Å². The molecule has 0 bridgehead atoms. The number of aryl methyl sites for hydroxylation is 1. The summed E-state index contributed by atoms with van der Waals surface area (Å²) in [5, 5.41) is 0. The summed E-state index contributed by atoms with van der Waals surface area (Å²) in [4.78, 5) is 12.4. The van der Waals surface area contributed by atoms with Crippen molar-refractivity contribution in [3.63, 3.8) is 0 Å². The molecule has 1 saturated carbocycles. The second-order valence-electron chi connectivity index (χ2n) is 5.65. The molecule has 0 amide bonds. The monoisotopic (exact) mass is 265 g/mol. The number of ketones is 1. The average molecular weight is 265 g/mol. The third-order valence-electron chi connectivity index (χ3n) is 4.28. The smallest absolute Gasteiger partial charge is 0.193 e. The van der Waals surface area contributed by atoms with E-state index in [-0.39, 0.29) is 5.78 Å². The molecule has 102 valence electrons. The minimum Gasteiger partial charge on any atom is -0.399 e. The summed E-state index contributed by atoms with van der Waals surface area (Å²) in [6.45, 7) is 1.92. The van der Waals surface area contributed by atoms with Gasteiger partial charge in [-0.15, -0.1) is 0 Å².